The van der Waals surface area contributed by atoms with Crippen molar-refractivity contribution in [1.29, 1.82) is 0 Å². The fraction of sp³-hybridized carbons (Fsp3) is 0.562. The molecule has 1 aromatic rings. The van der Waals surface area contributed by atoms with Crippen LogP contribution in [-0.4, -0.2) is 35.6 Å². The molecule has 0 unspecified atom stereocenters. The highest BCUT2D eigenvalue weighted by molar-refractivity contribution is 7.12. The molecule has 1 aliphatic heterocycles. The van der Waals surface area contributed by atoms with Crippen molar-refractivity contribution in [2.75, 3.05) is 19.7 Å². The van der Waals surface area contributed by atoms with Gasteiger partial charge < -0.3 is 10.0 Å². The van der Waals surface area contributed by atoms with Gasteiger partial charge in [-0.05, 0) is 36.1 Å². The van der Waals surface area contributed by atoms with Gasteiger partial charge in [-0.15, -0.1) is 11.3 Å². The van der Waals surface area contributed by atoms with Crippen molar-refractivity contribution in [3.05, 3.63) is 21.9 Å². The summed E-state index contributed by atoms with van der Waals surface area (Å²) >= 11 is 1.43. The monoisotopic (exact) mass is 291 g/mol. The topological polar surface area (TPSA) is 40.5 Å². The van der Waals surface area contributed by atoms with Gasteiger partial charge in [-0.2, -0.15) is 0 Å². The van der Waals surface area contributed by atoms with Gasteiger partial charge in [-0.3, -0.25) is 4.79 Å². The third-order valence-corrected chi connectivity index (χ3v) is 4.69. The van der Waals surface area contributed by atoms with E-state index >= 15 is 0 Å². The Balaban J connectivity index is 2.13. The second-order valence-electron chi connectivity index (χ2n) is 5.93. The Labute approximate surface area is 124 Å². The summed E-state index contributed by atoms with van der Waals surface area (Å²) in [5.74, 6) is 5.56. The summed E-state index contributed by atoms with van der Waals surface area (Å²) in [5, 5.41) is 10.7. The first-order valence-electron chi connectivity index (χ1n) is 7.00. The van der Waals surface area contributed by atoms with Crippen LogP contribution in [0.15, 0.2) is 11.4 Å². The first-order valence-corrected chi connectivity index (χ1v) is 7.88. The van der Waals surface area contributed by atoms with E-state index in [4.69, 9.17) is 5.11 Å². The molecule has 3 nitrogen and oxygen atoms in total. The molecule has 0 atom stereocenters. The lowest BCUT2D eigenvalue weighted by Crippen LogP contribution is -2.32. The van der Waals surface area contributed by atoms with Gasteiger partial charge in [0, 0.05) is 18.7 Å². The average molecular weight is 291 g/mol. The van der Waals surface area contributed by atoms with Crippen LogP contribution in [0.4, 0.5) is 0 Å². The second-order valence-corrected chi connectivity index (χ2v) is 6.85. The highest BCUT2D eigenvalue weighted by Crippen LogP contribution is 2.30. The molecule has 108 valence electrons. The zero-order chi connectivity index (χ0) is 14.6. The molecule has 1 aliphatic rings. The van der Waals surface area contributed by atoms with E-state index in [1.165, 1.54) is 17.8 Å². The van der Waals surface area contributed by atoms with Gasteiger partial charge in [-0.1, -0.05) is 25.7 Å². The zero-order valence-electron chi connectivity index (χ0n) is 12.1. The van der Waals surface area contributed by atoms with Gasteiger partial charge in [0.1, 0.15) is 11.5 Å². The molecule has 1 saturated heterocycles. The van der Waals surface area contributed by atoms with Crippen molar-refractivity contribution in [3.63, 3.8) is 0 Å². The number of carbonyl (C=O) groups excluding carboxylic acids is 1. The van der Waals surface area contributed by atoms with E-state index in [0.29, 0.717) is 10.3 Å². The van der Waals surface area contributed by atoms with E-state index in [9.17, 15) is 4.79 Å². The molecule has 0 spiro atoms. The van der Waals surface area contributed by atoms with Crippen molar-refractivity contribution in [2.45, 2.75) is 33.1 Å². The van der Waals surface area contributed by atoms with Crippen LogP contribution in [0.3, 0.4) is 0 Å². The summed E-state index contributed by atoms with van der Waals surface area (Å²) in [4.78, 5) is 15.3. The van der Waals surface area contributed by atoms with Crippen molar-refractivity contribution in [3.8, 4) is 11.8 Å². The second kappa shape index (κ2) is 6.43. The molecule has 0 saturated carbocycles. The van der Waals surface area contributed by atoms with Crippen LogP contribution in [0.25, 0.3) is 0 Å². The number of carbonyl (C=O) groups is 1. The molecule has 0 bridgehead atoms. The number of hydrogen-bond donors (Lipinski definition) is 1. The van der Waals surface area contributed by atoms with Crippen molar-refractivity contribution < 1.29 is 9.90 Å². The lowest BCUT2D eigenvalue weighted by Gasteiger charge is -2.23. The van der Waals surface area contributed by atoms with Crippen molar-refractivity contribution in [1.82, 2.24) is 4.90 Å². The number of thiophene rings is 1. The van der Waals surface area contributed by atoms with Crippen LogP contribution in [0, 0.1) is 17.3 Å². The van der Waals surface area contributed by atoms with E-state index in [2.05, 4.69) is 25.7 Å². The van der Waals surface area contributed by atoms with Crippen LogP contribution in [0.1, 0.15) is 48.3 Å². The Bertz CT molecular complexity index is 536. The Morgan fingerprint density at radius 3 is 3.00 bits per heavy atom. The minimum Gasteiger partial charge on any atom is -0.384 e. The summed E-state index contributed by atoms with van der Waals surface area (Å²) in [5.41, 5.74) is 1.06. The summed E-state index contributed by atoms with van der Waals surface area (Å²) in [6.45, 7) is 6.00. The zero-order valence-corrected chi connectivity index (χ0v) is 12.9. The standard InChI is InChI=1S/C16H21NO2S/c1-16(2)7-4-9-17(10-8-16)15(19)14-13(5-3-11-18)6-12-20-14/h6,12,18H,4,7-11H2,1-2H3. The van der Waals surface area contributed by atoms with E-state index < -0.39 is 0 Å². The van der Waals surface area contributed by atoms with E-state index in [0.717, 1.165) is 31.5 Å². The van der Waals surface area contributed by atoms with E-state index in [1.807, 2.05) is 16.3 Å². The number of rotatable bonds is 1. The van der Waals surface area contributed by atoms with Crippen LogP contribution >= 0.6 is 11.3 Å². The Morgan fingerprint density at radius 1 is 1.45 bits per heavy atom. The van der Waals surface area contributed by atoms with Gasteiger partial charge in [0.05, 0.1) is 0 Å². The smallest absolute Gasteiger partial charge is 0.265 e. The molecule has 0 aliphatic carbocycles. The summed E-state index contributed by atoms with van der Waals surface area (Å²) in [6.07, 6.45) is 3.27. The molecular formula is C16H21NO2S. The normalized spacial score (nSPS) is 18.1. The molecule has 2 rings (SSSR count). The third kappa shape index (κ3) is 3.62. The minimum atomic E-state index is -0.179. The quantitative estimate of drug-likeness (QED) is 0.808. The van der Waals surface area contributed by atoms with Gasteiger partial charge in [-0.25, -0.2) is 0 Å². The maximum atomic E-state index is 12.6. The van der Waals surface area contributed by atoms with Crippen LogP contribution in [0.5, 0.6) is 0 Å². The van der Waals surface area contributed by atoms with Crippen molar-refractivity contribution in [2.24, 2.45) is 5.41 Å². The molecule has 0 radical (unpaired) electrons. The van der Waals surface area contributed by atoms with E-state index in [-0.39, 0.29) is 12.5 Å². The number of nitrogens with zero attached hydrogens (tertiary/aromatic N) is 1. The lowest BCUT2D eigenvalue weighted by molar-refractivity contribution is 0.0762. The lowest BCUT2D eigenvalue weighted by atomic mass is 9.85. The largest absolute Gasteiger partial charge is 0.384 e. The maximum Gasteiger partial charge on any atom is 0.265 e. The molecule has 1 N–H and O–H groups in total. The molecule has 1 aromatic heterocycles. The van der Waals surface area contributed by atoms with Gasteiger partial charge in [0.25, 0.3) is 5.91 Å². The van der Waals surface area contributed by atoms with Crippen LogP contribution < -0.4 is 0 Å². The molecule has 4 heteroatoms. The maximum absolute atomic E-state index is 12.6. The predicted octanol–water partition coefficient (Wildman–Crippen LogP) is 2.74. The van der Waals surface area contributed by atoms with Gasteiger partial charge in [0.15, 0.2) is 0 Å². The number of aliphatic hydroxyl groups is 1. The Morgan fingerprint density at radius 2 is 2.25 bits per heavy atom. The molecule has 0 aromatic carbocycles. The first-order chi connectivity index (χ1) is 9.53. The summed E-state index contributed by atoms with van der Waals surface area (Å²) < 4.78 is 0. The van der Waals surface area contributed by atoms with Gasteiger partial charge >= 0.3 is 0 Å². The molecule has 1 fully saturated rings. The van der Waals surface area contributed by atoms with Crippen molar-refractivity contribution >= 4 is 17.2 Å². The van der Waals surface area contributed by atoms with Crippen LogP contribution in [0.2, 0.25) is 0 Å². The first kappa shape index (κ1) is 15.1. The fourth-order valence-electron chi connectivity index (χ4n) is 2.48. The fourth-order valence-corrected chi connectivity index (χ4v) is 3.29. The molecule has 20 heavy (non-hydrogen) atoms. The SMILES string of the molecule is CC1(C)CCCN(C(=O)c2sccc2C#CCO)CC1. The highest BCUT2D eigenvalue weighted by Gasteiger charge is 2.27. The number of likely N-dealkylation sites (tertiary alicyclic amines) is 1. The Kier molecular flexibility index (Phi) is 4.85. The van der Waals surface area contributed by atoms with Gasteiger partial charge in [0.2, 0.25) is 0 Å². The number of hydrogen-bond acceptors (Lipinski definition) is 3. The highest BCUT2D eigenvalue weighted by atomic mass is 32.1. The minimum absolute atomic E-state index is 0.0833. The number of aliphatic hydroxyl groups excluding tert-OH is 1. The molecular weight excluding hydrogens is 270 g/mol. The van der Waals surface area contributed by atoms with Crippen LogP contribution in [-0.2, 0) is 0 Å². The predicted molar refractivity (Wildman–Crippen MR) is 81.8 cm³/mol. The Hall–Kier alpha value is -1.31. The number of amides is 1. The molecule has 1 amide bonds. The average Bonchev–Trinajstić information content (AvgIpc) is 2.79. The van der Waals surface area contributed by atoms with E-state index in [1.54, 1.807) is 0 Å². The summed E-state index contributed by atoms with van der Waals surface area (Å²) in [6, 6.07) is 1.85. The molecule has 2 heterocycles. The third-order valence-electron chi connectivity index (χ3n) is 3.79. The summed E-state index contributed by atoms with van der Waals surface area (Å²) in [7, 11) is 0.